The summed E-state index contributed by atoms with van der Waals surface area (Å²) >= 11 is 17.2. The summed E-state index contributed by atoms with van der Waals surface area (Å²) < 4.78 is 12.5. The third-order valence-corrected chi connectivity index (χ3v) is 6.17. The predicted octanol–water partition coefficient (Wildman–Crippen LogP) is 6.03. The Hall–Kier alpha value is -1.12. The van der Waals surface area contributed by atoms with E-state index < -0.39 is 12.0 Å². The number of carboxylic acid groups (broad SMARTS) is 1. The standard InChI is InChI=1S/C21H24BrCl2NO4S/c1-3-28-19-10-14(11-25-18(21(26)27)6-7-30-2)8-15(22)20(19)29-12-13-4-5-16(23)17(24)9-13/h4-5,8-10,18,25H,3,6-7,11-12H2,1-2H3,(H,26,27). The number of benzene rings is 2. The zero-order chi connectivity index (χ0) is 22.1. The number of hydrogen-bond acceptors (Lipinski definition) is 5. The summed E-state index contributed by atoms with van der Waals surface area (Å²) in [5.74, 6) is 1.08. The molecule has 2 aromatic carbocycles. The average Bonchev–Trinajstić information content (AvgIpc) is 2.70. The molecule has 1 unspecified atom stereocenters. The van der Waals surface area contributed by atoms with Gasteiger partial charge in [-0.25, -0.2) is 0 Å². The second-order valence-corrected chi connectivity index (χ2v) is 9.08. The van der Waals surface area contributed by atoms with Crippen molar-refractivity contribution in [1.82, 2.24) is 5.32 Å². The third kappa shape index (κ3) is 7.54. The molecule has 0 bridgehead atoms. The maximum Gasteiger partial charge on any atom is 0.320 e. The topological polar surface area (TPSA) is 67.8 Å². The third-order valence-electron chi connectivity index (χ3n) is 4.20. The van der Waals surface area contributed by atoms with Gasteiger partial charge in [0, 0.05) is 6.54 Å². The van der Waals surface area contributed by atoms with Crippen LogP contribution in [0.1, 0.15) is 24.5 Å². The van der Waals surface area contributed by atoms with Crippen LogP contribution in [0.3, 0.4) is 0 Å². The Labute approximate surface area is 199 Å². The molecule has 0 aromatic heterocycles. The van der Waals surface area contributed by atoms with Gasteiger partial charge in [0.25, 0.3) is 0 Å². The molecule has 0 fully saturated rings. The van der Waals surface area contributed by atoms with Gasteiger partial charge in [-0.05, 0) is 76.7 Å². The summed E-state index contributed by atoms with van der Waals surface area (Å²) in [6.45, 7) is 3.06. The Morgan fingerprint density at radius 2 is 1.97 bits per heavy atom. The Balaban J connectivity index is 2.13. The molecule has 0 aliphatic rings. The zero-order valence-corrected chi connectivity index (χ0v) is 20.6. The minimum Gasteiger partial charge on any atom is -0.490 e. The highest BCUT2D eigenvalue weighted by Gasteiger charge is 2.18. The summed E-state index contributed by atoms with van der Waals surface area (Å²) in [7, 11) is 0. The number of halogens is 3. The van der Waals surface area contributed by atoms with Crippen molar-refractivity contribution in [3.8, 4) is 11.5 Å². The van der Waals surface area contributed by atoms with Gasteiger partial charge in [-0.3, -0.25) is 4.79 Å². The summed E-state index contributed by atoms with van der Waals surface area (Å²) in [5.41, 5.74) is 1.77. The van der Waals surface area contributed by atoms with Crippen LogP contribution in [0.4, 0.5) is 0 Å². The van der Waals surface area contributed by atoms with Gasteiger partial charge in [0.15, 0.2) is 11.5 Å². The smallest absolute Gasteiger partial charge is 0.320 e. The second kappa shape index (κ2) is 12.7. The first-order valence-corrected chi connectivity index (χ1v) is 12.3. The summed E-state index contributed by atoms with van der Waals surface area (Å²) in [6.07, 6.45) is 2.52. The number of thioether (sulfide) groups is 1. The molecule has 0 spiro atoms. The van der Waals surface area contributed by atoms with Crippen molar-refractivity contribution in [3.05, 3.63) is 56.0 Å². The lowest BCUT2D eigenvalue weighted by Crippen LogP contribution is -2.36. The van der Waals surface area contributed by atoms with Gasteiger partial charge in [0.1, 0.15) is 12.6 Å². The molecular weight excluding hydrogens is 513 g/mol. The van der Waals surface area contributed by atoms with Crippen LogP contribution >= 0.6 is 50.9 Å². The number of aliphatic carboxylic acids is 1. The van der Waals surface area contributed by atoms with Gasteiger partial charge >= 0.3 is 5.97 Å². The van der Waals surface area contributed by atoms with E-state index in [0.717, 1.165) is 21.4 Å². The Bertz CT molecular complexity index is 869. The molecule has 0 saturated carbocycles. The summed E-state index contributed by atoms with van der Waals surface area (Å²) in [4.78, 5) is 11.4. The zero-order valence-electron chi connectivity index (χ0n) is 16.7. The first-order valence-electron chi connectivity index (χ1n) is 9.32. The van der Waals surface area contributed by atoms with Gasteiger partial charge in [-0.1, -0.05) is 29.3 Å². The highest BCUT2D eigenvalue weighted by atomic mass is 79.9. The van der Waals surface area contributed by atoms with Gasteiger partial charge in [-0.15, -0.1) is 0 Å². The molecule has 0 amide bonds. The molecule has 164 valence electrons. The van der Waals surface area contributed by atoms with E-state index in [2.05, 4.69) is 21.2 Å². The molecule has 1 atom stereocenters. The van der Waals surface area contributed by atoms with E-state index in [1.165, 1.54) is 0 Å². The van der Waals surface area contributed by atoms with Crippen LogP contribution in [0, 0.1) is 0 Å². The molecule has 0 heterocycles. The predicted molar refractivity (Wildman–Crippen MR) is 127 cm³/mol. The van der Waals surface area contributed by atoms with Gasteiger partial charge in [0.05, 0.1) is 21.1 Å². The fraction of sp³-hybridized carbons (Fsp3) is 0.381. The van der Waals surface area contributed by atoms with E-state index in [4.69, 9.17) is 32.7 Å². The number of carbonyl (C=O) groups is 1. The molecule has 30 heavy (non-hydrogen) atoms. The van der Waals surface area contributed by atoms with Crippen LogP contribution < -0.4 is 14.8 Å². The van der Waals surface area contributed by atoms with E-state index in [1.807, 2.05) is 31.4 Å². The number of hydrogen-bond donors (Lipinski definition) is 2. The lowest BCUT2D eigenvalue weighted by atomic mass is 10.1. The number of ether oxygens (including phenoxy) is 2. The molecule has 0 aliphatic carbocycles. The highest BCUT2D eigenvalue weighted by molar-refractivity contribution is 9.10. The molecule has 2 rings (SSSR count). The van der Waals surface area contributed by atoms with Crippen LogP contribution in [0.25, 0.3) is 0 Å². The first-order chi connectivity index (χ1) is 14.3. The van der Waals surface area contributed by atoms with Crippen molar-refractivity contribution >= 4 is 56.9 Å². The van der Waals surface area contributed by atoms with Crippen LogP contribution in [-0.2, 0) is 17.9 Å². The largest absolute Gasteiger partial charge is 0.490 e. The fourth-order valence-electron chi connectivity index (χ4n) is 2.70. The van der Waals surface area contributed by atoms with Gasteiger partial charge < -0.3 is 19.9 Å². The van der Waals surface area contributed by atoms with Crippen molar-refractivity contribution in [3.63, 3.8) is 0 Å². The number of carboxylic acids is 1. The van der Waals surface area contributed by atoms with E-state index in [0.29, 0.717) is 47.7 Å². The van der Waals surface area contributed by atoms with E-state index in [9.17, 15) is 9.90 Å². The van der Waals surface area contributed by atoms with Gasteiger partial charge in [-0.2, -0.15) is 11.8 Å². The van der Waals surface area contributed by atoms with Crippen molar-refractivity contribution < 1.29 is 19.4 Å². The van der Waals surface area contributed by atoms with E-state index in [-0.39, 0.29) is 0 Å². The van der Waals surface area contributed by atoms with Crippen molar-refractivity contribution in [1.29, 1.82) is 0 Å². The SMILES string of the molecule is CCOc1cc(CNC(CCSC)C(=O)O)cc(Br)c1OCc1ccc(Cl)c(Cl)c1. The maximum atomic E-state index is 11.4. The molecule has 0 radical (unpaired) electrons. The summed E-state index contributed by atoms with van der Waals surface area (Å²) in [6, 6.07) is 8.49. The van der Waals surface area contributed by atoms with Crippen molar-refractivity contribution in [2.75, 3.05) is 18.6 Å². The molecule has 2 N–H and O–H groups in total. The number of nitrogens with one attached hydrogen (secondary N) is 1. The highest BCUT2D eigenvalue weighted by Crippen LogP contribution is 2.37. The van der Waals surface area contributed by atoms with Crippen LogP contribution in [0.2, 0.25) is 10.0 Å². The minimum absolute atomic E-state index is 0.295. The minimum atomic E-state index is -0.852. The molecule has 0 aliphatic heterocycles. The molecular formula is C21H24BrCl2NO4S. The average molecular weight is 537 g/mol. The van der Waals surface area contributed by atoms with Crippen molar-refractivity contribution in [2.24, 2.45) is 0 Å². The molecule has 0 saturated heterocycles. The molecule has 2 aromatic rings. The van der Waals surface area contributed by atoms with Crippen LogP contribution in [-0.4, -0.2) is 35.7 Å². The normalized spacial score (nSPS) is 11.9. The lowest BCUT2D eigenvalue weighted by Gasteiger charge is -2.18. The first kappa shape index (κ1) is 25.1. The van der Waals surface area contributed by atoms with Gasteiger partial charge in [0.2, 0.25) is 0 Å². The Kier molecular flexibility index (Phi) is 10.6. The van der Waals surface area contributed by atoms with Crippen LogP contribution in [0.15, 0.2) is 34.8 Å². The maximum absolute atomic E-state index is 11.4. The second-order valence-electron chi connectivity index (χ2n) is 6.43. The Morgan fingerprint density at radius 3 is 2.60 bits per heavy atom. The van der Waals surface area contributed by atoms with E-state index >= 15 is 0 Å². The van der Waals surface area contributed by atoms with E-state index in [1.54, 1.807) is 23.9 Å². The Morgan fingerprint density at radius 1 is 1.20 bits per heavy atom. The monoisotopic (exact) mass is 535 g/mol. The lowest BCUT2D eigenvalue weighted by molar-refractivity contribution is -0.139. The van der Waals surface area contributed by atoms with Crippen molar-refractivity contribution in [2.45, 2.75) is 32.5 Å². The fourth-order valence-corrected chi connectivity index (χ4v) is 4.10. The van der Waals surface area contributed by atoms with Crippen LogP contribution in [0.5, 0.6) is 11.5 Å². The molecule has 5 nitrogen and oxygen atoms in total. The number of rotatable bonds is 12. The quantitative estimate of drug-likeness (QED) is 0.345. The molecule has 9 heteroatoms. The summed E-state index contributed by atoms with van der Waals surface area (Å²) in [5, 5.41) is 13.4.